The van der Waals surface area contributed by atoms with Gasteiger partial charge in [-0.25, -0.2) is 0 Å². The van der Waals surface area contributed by atoms with Gasteiger partial charge in [0.1, 0.15) is 0 Å². The fourth-order valence-corrected chi connectivity index (χ4v) is 1.88. The minimum Gasteiger partial charge on any atom is -0.423 e. The van der Waals surface area contributed by atoms with Crippen molar-refractivity contribution in [2.75, 3.05) is 5.73 Å². The second kappa shape index (κ2) is 5.73. The average Bonchev–Trinajstić information content (AvgIpc) is 2.27. The summed E-state index contributed by atoms with van der Waals surface area (Å²) in [4.78, 5) is 22.0. The Morgan fingerprint density at radius 1 is 1.33 bits per heavy atom. The minimum atomic E-state index is -0.549. The molecule has 0 bridgehead atoms. The molecule has 0 saturated heterocycles. The first-order valence-corrected chi connectivity index (χ1v) is 5.90. The summed E-state index contributed by atoms with van der Waals surface area (Å²) in [6.45, 7) is 2.47. The molecule has 0 amide bonds. The van der Waals surface area contributed by atoms with Gasteiger partial charge >= 0.3 is 11.9 Å². The van der Waals surface area contributed by atoms with Crippen LogP contribution < -0.4 is 15.2 Å². The van der Waals surface area contributed by atoms with E-state index < -0.39 is 11.9 Å². The molecular formula is C12H10INO4. The van der Waals surface area contributed by atoms with Crippen molar-refractivity contribution in [1.29, 1.82) is 0 Å². The van der Waals surface area contributed by atoms with Gasteiger partial charge in [-0.3, -0.25) is 9.59 Å². The number of terminal acetylenes is 1. The molecule has 6 heteroatoms. The number of hydrogen-bond donors (Lipinski definition) is 1. The maximum atomic E-state index is 11.0. The topological polar surface area (TPSA) is 78.6 Å². The fourth-order valence-electron chi connectivity index (χ4n) is 1.21. The van der Waals surface area contributed by atoms with Gasteiger partial charge in [-0.15, -0.1) is 6.42 Å². The zero-order valence-electron chi connectivity index (χ0n) is 9.74. The molecule has 1 aromatic carbocycles. The Bertz CT molecular complexity index is 560. The third-order valence-corrected chi connectivity index (χ3v) is 2.95. The van der Waals surface area contributed by atoms with Crippen molar-refractivity contribution < 1.29 is 19.1 Å². The van der Waals surface area contributed by atoms with Gasteiger partial charge in [-0.1, -0.05) is 5.92 Å². The molecule has 0 aliphatic carbocycles. The Balaban J connectivity index is 3.45. The van der Waals surface area contributed by atoms with E-state index in [1.807, 2.05) is 22.6 Å². The van der Waals surface area contributed by atoms with Crippen molar-refractivity contribution in [2.24, 2.45) is 0 Å². The van der Waals surface area contributed by atoms with E-state index >= 15 is 0 Å². The molecule has 0 aromatic heterocycles. The lowest BCUT2D eigenvalue weighted by Gasteiger charge is -2.13. The van der Waals surface area contributed by atoms with Crippen LogP contribution in [0.15, 0.2) is 6.07 Å². The van der Waals surface area contributed by atoms with Crippen molar-refractivity contribution in [2.45, 2.75) is 13.8 Å². The second-order valence-corrected chi connectivity index (χ2v) is 4.39. The van der Waals surface area contributed by atoms with E-state index in [9.17, 15) is 9.59 Å². The molecule has 5 nitrogen and oxygen atoms in total. The number of nitrogens with two attached hydrogens (primary N) is 1. The van der Waals surface area contributed by atoms with Crippen LogP contribution in [0.25, 0.3) is 0 Å². The molecule has 0 radical (unpaired) electrons. The summed E-state index contributed by atoms with van der Waals surface area (Å²) in [5.41, 5.74) is 6.45. The number of hydrogen-bond acceptors (Lipinski definition) is 5. The highest BCUT2D eigenvalue weighted by Crippen LogP contribution is 2.38. The maximum absolute atomic E-state index is 11.0. The summed E-state index contributed by atoms with van der Waals surface area (Å²) in [6.07, 6.45) is 5.29. The van der Waals surface area contributed by atoms with Crippen molar-refractivity contribution in [1.82, 2.24) is 0 Å². The van der Waals surface area contributed by atoms with Crippen molar-refractivity contribution in [3.8, 4) is 23.8 Å². The fraction of sp³-hybridized carbons (Fsp3) is 0.167. The Labute approximate surface area is 118 Å². The molecular weight excluding hydrogens is 349 g/mol. The Kier molecular flexibility index (Phi) is 4.55. The zero-order chi connectivity index (χ0) is 13.9. The Hall–Kier alpha value is -1.75. The van der Waals surface area contributed by atoms with E-state index in [0.717, 1.165) is 0 Å². The molecule has 0 spiro atoms. The molecule has 0 aliphatic heterocycles. The summed E-state index contributed by atoms with van der Waals surface area (Å²) >= 11 is 1.87. The van der Waals surface area contributed by atoms with E-state index in [0.29, 0.717) is 14.8 Å². The van der Waals surface area contributed by atoms with Crippen LogP contribution in [0.4, 0.5) is 5.69 Å². The first-order valence-electron chi connectivity index (χ1n) is 4.82. The summed E-state index contributed by atoms with van der Waals surface area (Å²) in [6, 6.07) is 1.39. The lowest BCUT2D eigenvalue weighted by Crippen LogP contribution is -2.10. The van der Waals surface area contributed by atoms with Crippen LogP contribution in [-0.2, 0) is 9.59 Å². The SMILES string of the molecule is C#Cc1cc(OC(C)=O)c(OC(C)=O)c(I)c1N. The summed E-state index contributed by atoms with van der Waals surface area (Å²) in [5, 5.41) is 0. The first kappa shape index (κ1) is 14.3. The predicted molar refractivity (Wildman–Crippen MR) is 74.1 cm³/mol. The van der Waals surface area contributed by atoms with Crippen LogP contribution in [0.1, 0.15) is 19.4 Å². The molecule has 2 N–H and O–H groups in total. The highest BCUT2D eigenvalue weighted by atomic mass is 127. The second-order valence-electron chi connectivity index (χ2n) is 3.31. The van der Waals surface area contributed by atoms with Gasteiger partial charge in [0.2, 0.25) is 0 Å². The van der Waals surface area contributed by atoms with Crippen molar-refractivity contribution in [3.05, 3.63) is 15.2 Å². The third kappa shape index (κ3) is 3.13. The largest absolute Gasteiger partial charge is 0.423 e. The van der Waals surface area contributed by atoms with Gasteiger partial charge in [-0.05, 0) is 22.6 Å². The Morgan fingerprint density at radius 3 is 2.33 bits per heavy atom. The number of carbonyl (C=O) groups excluding carboxylic acids is 2. The molecule has 18 heavy (non-hydrogen) atoms. The van der Waals surface area contributed by atoms with Crippen molar-refractivity contribution in [3.63, 3.8) is 0 Å². The van der Waals surface area contributed by atoms with Gasteiger partial charge in [0.25, 0.3) is 0 Å². The summed E-state index contributed by atoms with van der Waals surface area (Å²) < 4.78 is 10.4. The van der Waals surface area contributed by atoms with E-state index in [2.05, 4.69) is 5.92 Å². The number of rotatable bonds is 2. The number of nitrogen functional groups attached to an aromatic ring is 1. The molecule has 0 atom stereocenters. The standard InChI is InChI=1S/C12H10INO4/c1-4-8-5-9(17-6(2)15)12(18-7(3)16)10(13)11(8)14/h1,5H,14H2,2-3H3. The van der Waals surface area contributed by atoms with E-state index in [-0.39, 0.29) is 11.5 Å². The predicted octanol–water partition coefficient (Wildman–Crippen LogP) is 1.71. The zero-order valence-corrected chi connectivity index (χ0v) is 11.9. The highest BCUT2D eigenvalue weighted by Gasteiger charge is 2.19. The molecule has 1 aromatic rings. The van der Waals surface area contributed by atoms with Gasteiger partial charge in [0, 0.05) is 19.9 Å². The van der Waals surface area contributed by atoms with Crippen LogP contribution in [0.5, 0.6) is 11.5 Å². The molecule has 0 heterocycles. The quantitative estimate of drug-likeness (QED) is 0.286. The number of halogens is 1. The van der Waals surface area contributed by atoms with Crippen LogP contribution in [0.2, 0.25) is 0 Å². The summed E-state index contributed by atoms with van der Waals surface area (Å²) in [7, 11) is 0. The summed E-state index contributed by atoms with van der Waals surface area (Å²) in [5.74, 6) is 1.44. The molecule has 0 aliphatic rings. The van der Waals surface area contributed by atoms with Crippen molar-refractivity contribution >= 4 is 40.2 Å². The number of esters is 2. The minimum absolute atomic E-state index is 0.0734. The van der Waals surface area contributed by atoms with Crippen LogP contribution >= 0.6 is 22.6 Å². The lowest BCUT2D eigenvalue weighted by molar-refractivity contribution is -0.134. The first-order chi connectivity index (χ1) is 8.36. The molecule has 0 unspecified atom stereocenters. The number of anilines is 1. The van der Waals surface area contributed by atoms with Gasteiger partial charge in [-0.2, -0.15) is 0 Å². The van der Waals surface area contributed by atoms with Gasteiger partial charge in [0.05, 0.1) is 14.8 Å². The van der Waals surface area contributed by atoms with E-state index in [1.54, 1.807) is 0 Å². The number of ether oxygens (including phenoxy) is 2. The molecule has 0 fully saturated rings. The molecule has 1 rings (SSSR count). The smallest absolute Gasteiger partial charge is 0.308 e. The van der Waals surface area contributed by atoms with Crippen LogP contribution in [-0.4, -0.2) is 11.9 Å². The van der Waals surface area contributed by atoms with Crippen LogP contribution in [0.3, 0.4) is 0 Å². The third-order valence-electron chi connectivity index (χ3n) is 1.88. The monoisotopic (exact) mass is 359 g/mol. The van der Waals surface area contributed by atoms with Crippen LogP contribution in [0, 0.1) is 15.9 Å². The molecule has 94 valence electrons. The average molecular weight is 359 g/mol. The van der Waals surface area contributed by atoms with E-state index in [4.69, 9.17) is 21.6 Å². The van der Waals surface area contributed by atoms with Gasteiger partial charge < -0.3 is 15.2 Å². The normalized spacial score (nSPS) is 9.44. The number of carbonyl (C=O) groups is 2. The van der Waals surface area contributed by atoms with E-state index in [1.165, 1.54) is 19.9 Å². The number of benzene rings is 1. The van der Waals surface area contributed by atoms with Gasteiger partial charge in [0.15, 0.2) is 11.5 Å². The maximum Gasteiger partial charge on any atom is 0.308 e. The highest BCUT2D eigenvalue weighted by molar-refractivity contribution is 14.1. The Morgan fingerprint density at radius 2 is 1.89 bits per heavy atom. The lowest BCUT2D eigenvalue weighted by atomic mass is 10.1. The molecule has 0 saturated carbocycles.